The third-order valence-electron chi connectivity index (χ3n) is 3.57. The zero-order chi connectivity index (χ0) is 14.8. The van der Waals surface area contributed by atoms with Crippen LogP contribution in [0.15, 0.2) is 35.8 Å². The van der Waals surface area contributed by atoms with Crippen LogP contribution >= 0.6 is 11.3 Å². The van der Waals surface area contributed by atoms with Gasteiger partial charge in [0.05, 0.1) is 17.2 Å². The number of thiazole rings is 1. The van der Waals surface area contributed by atoms with E-state index in [1.807, 2.05) is 0 Å². The molecule has 0 radical (unpaired) electrons. The van der Waals surface area contributed by atoms with E-state index >= 15 is 0 Å². The van der Waals surface area contributed by atoms with E-state index < -0.39 is 0 Å². The van der Waals surface area contributed by atoms with Gasteiger partial charge in [0.25, 0.3) is 0 Å². The van der Waals surface area contributed by atoms with Crippen molar-refractivity contribution in [2.45, 2.75) is 39.9 Å². The minimum atomic E-state index is 0.494. The molecule has 0 aliphatic rings. The first-order valence-corrected chi connectivity index (χ1v) is 8.22. The Morgan fingerprint density at radius 1 is 1.29 bits per heavy atom. The van der Waals surface area contributed by atoms with E-state index in [1.165, 1.54) is 16.5 Å². The highest BCUT2D eigenvalue weighted by molar-refractivity contribution is 7.09. The summed E-state index contributed by atoms with van der Waals surface area (Å²) in [6.07, 6.45) is 2.26. The van der Waals surface area contributed by atoms with Gasteiger partial charge in [-0.25, -0.2) is 4.98 Å². The first-order chi connectivity index (χ1) is 10.1. The third kappa shape index (κ3) is 3.17. The van der Waals surface area contributed by atoms with Crippen LogP contribution in [-0.2, 0) is 13.1 Å². The molecule has 2 heterocycles. The number of nitrogens with zero attached hydrogens (tertiary/aromatic N) is 2. The first kappa shape index (κ1) is 14.3. The lowest BCUT2D eigenvalue weighted by molar-refractivity contribution is 0.589. The molecule has 0 atom stereocenters. The smallest absolute Gasteiger partial charge is 0.0898 e. The number of para-hydroxylation sites is 1. The van der Waals surface area contributed by atoms with Crippen molar-refractivity contribution >= 4 is 22.2 Å². The average molecular weight is 299 g/mol. The Bertz CT molecular complexity index is 739. The summed E-state index contributed by atoms with van der Waals surface area (Å²) in [7, 11) is 0. The minimum absolute atomic E-state index is 0.494. The van der Waals surface area contributed by atoms with Crippen molar-refractivity contribution in [1.29, 1.82) is 0 Å². The molecule has 3 aromatic rings. The van der Waals surface area contributed by atoms with E-state index in [-0.39, 0.29) is 0 Å². The number of benzene rings is 1. The van der Waals surface area contributed by atoms with Gasteiger partial charge in [0.15, 0.2) is 0 Å². The molecule has 0 fully saturated rings. The summed E-state index contributed by atoms with van der Waals surface area (Å²) in [6.45, 7) is 8.15. The van der Waals surface area contributed by atoms with Gasteiger partial charge in [-0.05, 0) is 18.6 Å². The average Bonchev–Trinajstić information content (AvgIpc) is 3.02. The lowest BCUT2D eigenvalue weighted by atomic mass is 10.2. The van der Waals surface area contributed by atoms with Crippen LogP contribution in [0.2, 0.25) is 0 Å². The maximum Gasteiger partial charge on any atom is 0.0898 e. The van der Waals surface area contributed by atoms with Crippen LogP contribution in [0.4, 0.5) is 0 Å². The normalized spacial score (nSPS) is 11.6. The van der Waals surface area contributed by atoms with E-state index in [2.05, 4.69) is 71.5 Å². The molecule has 2 aromatic heterocycles. The van der Waals surface area contributed by atoms with Crippen LogP contribution < -0.4 is 5.32 Å². The summed E-state index contributed by atoms with van der Waals surface area (Å²) in [5.41, 5.74) is 3.77. The highest BCUT2D eigenvalue weighted by Gasteiger charge is 2.09. The summed E-state index contributed by atoms with van der Waals surface area (Å²) in [4.78, 5) is 4.58. The third-order valence-corrected chi connectivity index (χ3v) is 4.39. The van der Waals surface area contributed by atoms with Crippen molar-refractivity contribution in [2.24, 2.45) is 0 Å². The summed E-state index contributed by atoms with van der Waals surface area (Å²) < 4.78 is 2.31. The topological polar surface area (TPSA) is 29.9 Å². The summed E-state index contributed by atoms with van der Waals surface area (Å²) in [5.74, 6) is 0. The Kier molecular flexibility index (Phi) is 4.08. The van der Waals surface area contributed by atoms with Gasteiger partial charge in [-0.1, -0.05) is 32.0 Å². The van der Waals surface area contributed by atoms with Gasteiger partial charge in [-0.3, -0.25) is 0 Å². The zero-order valence-corrected chi connectivity index (χ0v) is 13.6. The van der Waals surface area contributed by atoms with Crippen LogP contribution in [0.5, 0.6) is 0 Å². The van der Waals surface area contributed by atoms with Gasteiger partial charge in [0.1, 0.15) is 0 Å². The Hall–Kier alpha value is -1.65. The lowest BCUT2D eigenvalue weighted by Crippen LogP contribution is -2.21. The van der Waals surface area contributed by atoms with E-state index in [9.17, 15) is 0 Å². The largest absolute Gasteiger partial charge is 0.341 e. The quantitative estimate of drug-likeness (QED) is 0.773. The van der Waals surface area contributed by atoms with Crippen LogP contribution in [0, 0.1) is 6.92 Å². The fourth-order valence-corrected chi connectivity index (χ4v) is 3.17. The van der Waals surface area contributed by atoms with Crippen molar-refractivity contribution in [3.63, 3.8) is 0 Å². The van der Waals surface area contributed by atoms with Crippen molar-refractivity contribution in [3.8, 4) is 0 Å². The Balaban J connectivity index is 1.94. The van der Waals surface area contributed by atoms with Crippen molar-refractivity contribution in [1.82, 2.24) is 14.9 Å². The molecule has 0 saturated carbocycles. The van der Waals surface area contributed by atoms with Gasteiger partial charge in [0.2, 0.25) is 0 Å². The molecule has 1 aromatic carbocycles. The summed E-state index contributed by atoms with van der Waals surface area (Å²) >= 11 is 1.71. The molecular weight excluding hydrogens is 278 g/mol. The number of hydrogen-bond acceptors (Lipinski definition) is 3. The van der Waals surface area contributed by atoms with E-state index in [1.54, 1.807) is 11.3 Å². The van der Waals surface area contributed by atoms with Crippen LogP contribution in [0.3, 0.4) is 0 Å². The zero-order valence-electron chi connectivity index (χ0n) is 12.8. The fraction of sp³-hybridized carbons (Fsp3) is 0.353. The molecule has 4 heteroatoms. The van der Waals surface area contributed by atoms with Gasteiger partial charge >= 0.3 is 0 Å². The maximum atomic E-state index is 4.58. The van der Waals surface area contributed by atoms with Crippen molar-refractivity contribution in [3.05, 3.63) is 52.1 Å². The standard InChI is InChI=1S/C17H21N3S/c1-12(2)18-8-14-9-20(10-15-11-21-13(3)19-15)17-7-5-4-6-16(14)17/h4-7,9,11-12,18H,8,10H2,1-3H3. The van der Waals surface area contributed by atoms with Crippen molar-refractivity contribution < 1.29 is 0 Å². The molecule has 0 amide bonds. The lowest BCUT2D eigenvalue weighted by Gasteiger charge is -2.06. The van der Waals surface area contributed by atoms with Crippen LogP contribution in [0.25, 0.3) is 10.9 Å². The molecule has 0 aliphatic carbocycles. The molecule has 21 heavy (non-hydrogen) atoms. The number of rotatable bonds is 5. The second-order valence-electron chi connectivity index (χ2n) is 5.69. The molecule has 110 valence electrons. The Morgan fingerprint density at radius 2 is 2.10 bits per heavy atom. The molecule has 1 N–H and O–H groups in total. The minimum Gasteiger partial charge on any atom is -0.341 e. The maximum absolute atomic E-state index is 4.58. The van der Waals surface area contributed by atoms with E-state index in [0.717, 1.165) is 23.8 Å². The fourth-order valence-electron chi connectivity index (χ4n) is 2.56. The van der Waals surface area contributed by atoms with Crippen LogP contribution in [-0.4, -0.2) is 15.6 Å². The van der Waals surface area contributed by atoms with E-state index in [0.29, 0.717) is 6.04 Å². The second-order valence-corrected chi connectivity index (χ2v) is 6.76. The predicted octanol–water partition coefficient (Wildman–Crippen LogP) is 3.95. The highest BCUT2D eigenvalue weighted by atomic mass is 32.1. The predicted molar refractivity (Wildman–Crippen MR) is 89.9 cm³/mol. The molecule has 3 nitrogen and oxygen atoms in total. The second kappa shape index (κ2) is 6.00. The SMILES string of the molecule is Cc1nc(Cn2cc(CNC(C)C)c3ccccc32)cs1. The molecular formula is C17H21N3S. The number of nitrogens with one attached hydrogen (secondary N) is 1. The van der Waals surface area contributed by atoms with Crippen LogP contribution in [0.1, 0.15) is 30.1 Å². The summed E-state index contributed by atoms with van der Waals surface area (Å²) in [6, 6.07) is 9.10. The van der Waals surface area contributed by atoms with Gasteiger partial charge in [-0.15, -0.1) is 11.3 Å². The molecule has 0 unspecified atom stereocenters. The highest BCUT2D eigenvalue weighted by Crippen LogP contribution is 2.23. The molecule has 3 rings (SSSR count). The van der Waals surface area contributed by atoms with Crippen molar-refractivity contribution in [2.75, 3.05) is 0 Å². The molecule has 0 aliphatic heterocycles. The monoisotopic (exact) mass is 299 g/mol. The number of aryl methyl sites for hydroxylation is 1. The first-order valence-electron chi connectivity index (χ1n) is 7.34. The number of aromatic nitrogens is 2. The molecule has 0 bridgehead atoms. The molecule has 0 saturated heterocycles. The Morgan fingerprint density at radius 3 is 2.81 bits per heavy atom. The molecule has 0 spiro atoms. The van der Waals surface area contributed by atoms with Gasteiger partial charge < -0.3 is 9.88 Å². The Labute approximate surface area is 129 Å². The number of hydrogen-bond donors (Lipinski definition) is 1. The summed E-state index contributed by atoms with van der Waals surface area (Å²) in [5, 5.41) is 8.12. The van der Waals surface area contributed by atoms with Gasteiger partial charge in [-0.2, -0.15) is 0 Å². The number of fused-ring (bicyclic) bond motifs is 1. The van der Waals surface area contributed by atoms with Gasteiger partial charge in [0, 0.05) is 35.1 Å². The van der Waals surface area contributed by atoms with E-state index in [4.69, 9.17) is 0 Å².